The van der Waals surface area contributed by atoms with E-state index < -0.39 is 0 Å². The number of likely N-dealkylation sites (N-methyl/N-ethyl adjacent to an activating group) is 1. The molecule has 2 unspecified atom stereocenters. The molecule has 1 fully saturated rings. The highest BCUT2D eigenvalue weighted by molar-refractivity contribution is 4.79. The zero-order chi connectivity index (χ0) is 11.5. The first-order chi connectivity index (χ1) is 6.87. The molecule has 0 radical (unpaired) electrons. The highest BCUT2D eigenvalue weighted by Crippen LogP contribution is 2.18. The minimum atomic E-state index is 0.412. The summed E-state index contributed by atoms with van der Waals surface area (Å²) in [4.78, 5) is 2.47. The average Bonchev–Trinajstić information content (AvgIpc) is 1.99. The highest BCUT2D eigenvalue weighted by atomic mass is 15.1. The Morgan fingerprint density at radius 1 is 1.33 bits per heavy atom. The molecule has 0 aromatic rings. The molecule has 2 heteroatoms. The molecule has 0 amide bonds. The lowest BCUT2D eigenvalue weighted by Gasteiger charge is -2.34. The summed E-state index contributed by atoms with van der Waals surface area (Å²) in [5, 5.41) is 3.62. The maximum Gasteiger partial charge on any atom is 0.0197 e. The largest absolute Gasteiger partial charge is 0.313 e. The van der Waals surface area contributed by atoms with Crippen molar-refractivity contribution in [2.24, 2.45) is 11.3 Å². The Labute approximate surface area is 95.4 Å². The molecule has 2 atom stereocenters. The van der Waals surface area contributed by atoms with Crippen LogP contribution in [0.4, 0.5) is 0 Å². The quantitative estimate of drug-likeness (QED) is 0.772. The van der Waals surface area contributed by atoms with E-state index in [0.29, 0.717) is 11.5 Å². The van der Waals surface area contributed by atoms with Gasteiger partial charge in [0.1, 0.15) is 0 Å². The standard InChI is InChI=1S/C13H28N2/c1-11-6-7-14-12(8-11)9-15(5)10-13(2,3)4/h11-12,14H,6-10H2,1-5H3. The monoisotopic (exact) mass is 212 g/mol. The second-order valence-electron chi connectivity index (χ2n) is 6.54. The van der Waals surface area contributed by atoms with Crippen molar-refractivity contribution in [3.63, 3.8) is 0 Å². The van der Waals surface area contributed by atoms with Crippen LogP contribution in [-0.4, -0.2) is 37.6 Å². The predicted molar refractivity (Wildman–Crippen MR) is 67.1 cm³/mol. The second-order valence-corrected chi connectivity index (χ2v) is 6.54. The van der Waals surface area contributed by atoms with Crippen molar-refractivity contribution in [2.45, 2.75) is 46.6 Å². The molecule has 1 saturated heterocycles. The van der Waals surface area contributed by atoms with Crippen molar-refractivity contribution in [1.29, 1.82) is 0 Å². The number of rotatable bonds is 3. The van der Waals surface area contributed by atoms with E-state index in [2.05, 4.69) is 45.0 Å². The van der Waals surface area contributed by atoms with E-state index in [1.54, 1.807) is 0 Å². The van der Waals surface area contributed by atoms with Gasteiger partial charge in [-0.25, -0.2) is 0 Å². The molecule has 0 aromatic carbocycles. The molecule has 15 heavy (non-hydrogen) atoms. The van der Waals surface area contributed by atoms with E-state index in [1.807, 2.05) is 0 Å². The predicted octanol–water partition coefficient (Wildman–Crippen LogP) is 2.35. The molecular formula is C13H28N2. The minimum Gasteiger partial charge on any atom is -0.313 e. The summed E-state index contributed by atoms with van der Waals surface area (Å²) in [6, 6.07) is 0.709. The van der Waals surface area contributed by atoms with Gasteiger partial charge in [0.25, 0.3) is 0 Å². The van der Waals surface area contributed by atoms with Crippen molar-refractivity contribution in [3.8, 4) is 0 Å². The molecule has 1 heterocycles. The van der Waals surface area contributed by atoms with Crippen LogP contribution in [0.1, 0.15) is 40.5 Å². The Kier molecular flexibility index (Phi) is 4.60. The molecule has 0 saturated carbocycles. The van der Waals surface area contributed by atoms with Gasteiger partial charge >= 0.3 is 0 Å². The normalized spacial score (nSPS) is 28.4. The topological polar surface area (TPSA) is 15.3 Å². The Morgan fingerprint density at radius 2 is 2.00 bits per heavy atom. The van der Waals surface area contributed by atoms with Crippen molar-refractivity contribution >= 4 is 0 Å². The minimum absolute atomic E-state index is 0.412. The zero-order valence-corrected chi connectivity index (χ0v) is 11.1. The number of hydrogen-bond acceptors (Lipinski definition) is 2. The Hall–Kier alpha value is -0.0800. The third-order valence-electron chi connectivity index (χ3n) is 3.03. The van der Waals surface area contributed by atoms with Crippen LogP contribution in [0.25, 0.3) is 0 Å². The van der Waals surface area contributed by atoms with E-state index >= 15 is 0 Å². The molecule has 1 rings (SSSR count). The fourth-order valence-electron chi connectivity index (χ4n) is 2.61. The maximum absolute atomic E-state index is 3.62. The lowest BCUT2D eigenvalue weighted by molar-refractivity contribution is 0.186. The first-order valence-electron chi connectivity index (χ1n) is 6.29. The van der Waals surface area contributed by atoms with Crippen LogP contribution >= 0.6 is 0 Å². The van der Waals surface area contributed by atoms with Crippen LogP contribution in [0, 0.1) is 11.3 Å². The first kappa shape index (κ1) is 13.0. The summed E-state index contributed by atoms with van der Waals surface area (Å²) in [7, 11) is 2.24. The lowest BCUT2D eigenvalue weighted by Crippen LogP contribution is -2.46. The summed E-state index contributed by atoms with van der Waals surface area (Å²) in [6.45, 7) is 12.9. The Balaban J connectivity index is 2.28. The third kappa shape index (κ3) is 5.53. The number of nitrogens with one attached hydrogen (secondary N) is 1. The van der Waals surface area contributed by atoms with Gasteiger partial charge in [-0.3, -0.25) is 0 Å². The molecule has 1 N–H and O–H groups in total. The number of hydrogen-bond donors (Lipinski definition) is 1. The van der Waals surface area contributed by atoms with Crippen LogP contribution in [-0.2, 0) is 0 Å². The molecular weight excluding hydrogens is 184 g/mol. The van der Waals surface area contributed by atoms with E-state index in [9.17, 15) is 0 Å². The molecule has 0 spiro atoms. The summed E-state index contributed by atoms with van der Waals surface area (Å²) in [5.74, 6) is 0.902. The van der Waals surface area contributed by atoms with E-state index in [-0.39, 0.29) is 0 Å². The van der Waals surface area contributed by atoms with Gasteiger partial charge in [-0.05, 0) is 37.8 Å². The van der Waals surface area contributed by atoms with Crippen molar-refractivity contribution in [3.05, 3.63) is 0 Å². The Morgan fingerprint density at radius 3 is 2.53 bits per heavy atom. The molecule has 0 bridgehead atoms. The molecule has 1 aliphatic heterocycles. The van der Waals surface area contributed by atoms with Gasteiger partial charge in [0, 0.05) is 19.1 Å². The fourth-order valence-corrected chi connectivity index (χ4v) is 2.61. The number of nitrogens with zero attached hydrogens (tertiary/aromatic N) is 1. The summed E-state index contributed by atoms with van der Waals surface area (Å²) < 4.78 is 0. The van der Waals surface area contributed by atoms with Crippen LogP contribution in [0.2, 0.25) is 0 Å². The van der Waals surface area contributed by atoms with Gasteiger partial charge in [0.2, 0.25) is 0 Å². The van der Waals surface area contributed by atoms with Gasteiger partial charge in [0.15, 0.2) is 0 Å². The third-order valence-corrected chi connectivity index (χ3v) is 3.03. The molecule has 0 aromatic heterocycles. The van der Waals surface area contributed by atoms with Gasteiger partial charge in [-0.1, -0.05) is 27.7 Å². The van der Waals surface area contributed by atoms with Crippen LogP contribution < -0.4 is 5.32 Å². The van der Waals surface area contributed by atoms with Gasteiger partial charge in [-0.2, -0.15) is 0 Å². The summed E-state index contributed by atoms with van der Waals surface area (Å²) in [5.41, 5.74) is 0.412. The van der Waals surface area contributed by atoms with Crippen molar-refractivity contribution in [1.82, 2.24) is 10.2 Å². The van der Waals surface area contributed by atoms with Crippen LogP contribution in [0.15, 0.2) is 0 Å². The summed E-state index contributed by atoms with van der Waals surface area (Å²) >= 11 is 0. The van der Waals surface area contributed by atoms with Crippen molar-refractivity contribution < 1.29 is 0 Å². The SMILES string of the molecule is CC1CCNC(CN(C)CC(C)(C)C)C1. The van der Waals surface area contributed by atoms with E-state index in [0.717, 1.165) is 5.92 Å². The van der Waals surface area contributed by atoms with Crippen molar-refractivity contribution in [2.75, 3.05) is 26.7 Å². The molecule has 1 aliphatic rings. The highest BCUT2D eigenvalue weighted by Gasteiger charge is 2.21. The average molecular weight is 212 g/mol. The molecule has 90 valence electrons. The van der Waals surface area contributed by atoms with Crippen LogP contribution in [0.5, 0.6) is 0 Å². The smallest absolute Gasteiger partial charge is 0.0197 e. The fraction of sp³-hybridized carbons (Fsp3) is 1.00. The van der Waals surface area contributed by atoms with Gasteiger partial charge in [-0.15, -0.1) is 0 Å². The van der Waals surface area contributed by atoms with E-state index in [4.69, 9.17) is 0 Å². The first-order valence-corrected chi connectivity index (χ1v) is 6.29. The second kappa shape index (κ2) is 5.31. The van der Waals surface area contributed by atoms with Gasteiger partial charge < -0.3 is 10.2 Å². The number of piperidine rings is 1. The Bertz CT molecular complexity index is 183. The molecule has 2 nitrogen and oxygen atoms in total. The molecule has 0 aliphatic carbocycles. The van der Waals surface area contributed by atoms with Gasteiger partial charge in [0.05, 0.1) is 0 Å². The lowest BCUT2D eigenvalue weighted by atomic mass is 9.93. The zero-order valence-electron chi connectivity index (χ0n) is 11.1. The van der Waals surface area contributed by atoms with E-state index in [1.165, 1.54) is 32.5 Å². The van der Waals surface area contributed by atoms with Crippen LogP contribution in [0.3, 0.4) is 0 Å². The summed E-state index contributed by atoms with van der Waals surface area (Å²) in [6.07, 6.45) is 2.69. The maximum atomic E-state index is 3.62.